The zero-order chi connectivity index (χ0) is 21.1. The molecule has 0 aliphatic rings. The summed E-state index contributed by atoms with van der Waals surface area (Å²) >= 11 is 0. The predicted octanol–water partition coefficient (Wildman–Crippen LogP) is 4.40. The van der Waals surface area contributed by atoms with E-state index >= 15 is 0 Å². The van der Waals surface area contributed by atoms with Gasteiger partial charge in [-0.25, -0.2) is 9.67 Å². The fourth-order valence-corrected chi connectivity index (χ4v) is 3.04. The third-order valence-corrected chi connectivity index (χ3v) is 4.50. The van der Waals surface area contributed by atoms with Gasteiger partial charge in [-0.3, -0.25) is 14.9 Å². The van der Waals surface area contributed by atoms with Crippen LogP contribution in [0.2, 0.25) is 0 Å². The van der Waals surface area contributed by atoms with Crippen LogP contribution in [0.15, 0.2) is 78.9 Å². The van der Waals surface area contributed by atoms with Gasteiger partial charge in [-0.05, 0) is 24.6 Å². The molecule has 0 aliphatic heterocycles. The van der Waals surface area contributed by atoms with Crippen LogP contribution in [0.25, 0.3) is 17.1 Å². The molecule has 0 saturated carbocycles. The topological polar surface area (TPSA) is 103 Å². The molecule has 0 saturated heterocycles. The number of aryl methyl sites for hydroxylation is 1. The summed E-state index contributed by atoms with van der Waals surface area (Å²) in [5.74, 6) is -0.0716. The molecule has 0 unspecified atom stereocenters. The Kier molecular flexibility index (Phi) is 5.04. The zero-order valence-electron chi connectivity index (χ0n) is 16.0. The van der Waals surface area contributed by atoms with Crippen molar-refractivity contribution < 1.29 is 9.72 Å². The maximum atomic E-state index is 12.8. The van der Waals surface area contributed by atoms with Gasteiger partial charge in [0.25, 0.3) is 11.6 Å². The van der Waals surface area contributed by atoms with E-state index in [2.05, 4.69) is 15.4 Å². The highest BCUT2D eigenvalue weighted by Gasteiger charge is 2.20. The van der Waals surface area contributed by atoms with Crippen LogP contribution in [0.4, 0.5) is 11.4 Å². The Labute approximate surface area is 172 Å². The van der Waals surface area contributed by atoms with Crippen LogP contribution < -0.4 is 5.32 Å². The van der Waals surface area contributed by atoms with E-state index in [1.165, 1.54) is 18.2 Å². The zero-order valence-corrected chi connectivity index (χ0v) is 16.0. The van der Waals surface area contributed by atoms with Crippen molar-refractivity contribution in [2.45, 2.75) is 6.92 Å². The number of nitrogens with zero attached hydrogens (tertiary/aromatic N) is 4. The number of nitrogens with one attached hydrogen (secondary N) is 1. The Morgan fingerprint density at radius 2 is 1.73 bits per heavy atom. The Morgan fingerprint density at radius 1 is 1.00 bits per heavy atom. The van der Waals surface area contributed by atoms with Crippen molar-refractivity contribution in [1.29, 1.82) is 0 Å². The van der Waals surface area contributed by atoms with E-state index in [4.69, 9.17) is 0 Å². The molecule has 0 bridgehead atoms. The lowest BCUT2D eigenvalue weighted by Gasteiger charge is -2.08. The highest BCUT2D eigenvalue weighted by Crippen LogP contribution is 2.24. The minimum Gasteiger partial charge on any atom is -0.319 e. The third kappa shape index (κ3) is 3.79. The Bertz CT molecular complexity index is 1230. The number of benzene rings is 3. The summed E-state index contributed by atoms with van der Waals surface area (Å²) in [6.07, 6.45) is 0. The molecule has 1 amide bonds. The SMILES string of the molecule is Cc1ccccc1-n1nc(C(=O)Nc2cccc([N+](=O)[O-])c2)nc1-c1ccccc1. The molecule has 0 atom stereocenters. The van der Waals surface area contributed by atoms with Crippen LogP contribution in [0, 0.1) is 17.0 Å². The number of rotatable bonds is 5. The molecule has 4 aromatic rings. The first-order valence-corrected chi connectivity index (χ1v) is 9.17. The Hall–Kier alpha value is -4.33. The Balaban J connectivity index is 1.74. The van der Waals surface area contributed by atoms with Crippen LogP contribution in [-0.4, -0.2) is 25.6 Å². The molecular formula is C22H17N5O3. The van der Waals surface area contributed by atoms with Gasteiger partial charge in [-0.2, -0.15) is 0 Å². The van der Waals surface area contributed by atoms with Crippen molar-refractivity contribution in [3.8, 4) is 17.1 Å². The number of para-hydroxylation sites is 1. The lowest BCUT2D eigenvalue weighted by atomic mass is 10.2. The number of hydrogen-bond donors (Lipinski definition) is 1. The van der Waals surface area contributed by atoms with E-state index in [9.17, 15) is 14.9 Å². The minimum absolute atomic E-state index is 0.0383. The van der Waals surface area contributed by atoms with Gasteiger partial charge >= 0.3 is 0 Å². The molecular weight excluding hydrogens is 382 g/mol. The van der Waals surface area contributed by atoms with Gasteiger partial charge in [0.2, 0.25) is 5.82 Å². The smallest absolute Gasteiger partial charge is 0.295 e. The van der Waals surface area contributed by atoms with E-state index in [1.807, 2.05) is 61.5 Å². The monoisotopic (exact) mass is 399 g/mol. The summed E-state index contributed by atoms with van der Waals surface area (Å²) < 4.78 is 1.63. The van der Waals surface area contributed by atoms with Crippen molar-refractivity contribution in [3.05, 3.63) is 100 Å². The molecule has 1 aromatic heterocycles. The second kappa shape index (κ2) is 7.96. The fourth-order valence-electron chi connectivity index (χ4n) is 3.04. The first kappa shape index (κ1) is 19.0. The molecule has 0 aliphatic carbocycles. The van der Waals surface area contributed by atoms with E-state index < -0.39 is 10.8 Å². The van der Waals surface area contributed by atoms with Gasteiger partial charge in [-0.15, -0.1) is 5.10 Å². The van der Waals surface area contributed by atoms with Gasteiger partial charge in [0, 0.05) is 23.4 Å². The van der Waals surface area contributed by atoms with Crippen LogP contribution in [0.1, 0.15) is 16.2 Å². The number of hydrogen-bond acceptors (Lipinski definition) is 5. The molecule has 1 N–H and O–H groups in total. The van der Waals surface area contributed by atoms with Gasteiger partial charge < -0.3 is 5.32 Å². The lowest BCUT2D eigenvalue weighted by molar-refractivity contribution is -0.384. The van der Waals surface area contributed by atoms with Gasteiger partial charge in [0.05, 0.1) is 10.6 Å². The number of amides is 1. The van der Waals surface area contributed by atoms with Crippen LogP contribution in [0.5, 0.6) is 0 Å². The second-order valence-corrected chi connectivity index (χ2v) is 6.58. The summed E-state index contributed by atoms with van der Waals surface area (Å²) in [5.41, 5.74) is 2.77. The van der Waals surface area contributed by atoms with E-state index in [0.717, 1.165) is 16.8 Å². The summed E-state index contributed by atoms with van der Waals surface area (Å²) in [5, 5.41) is 18.0. The van der Waals surface area contributed by atoms with Crippen molar-refractivity contribution >= 4 is 17.3 Å². The highest BCUT2D eigenvalue weighted by atomic mass is 16.6. The molecule has 3 aromatic carbocycles. The first-order valence-electron chi connectivity index (χ1n) is 9.17. The number of carbonyl (C=O) groups is 1. The van der Waals surface area contributed by atoms with Crippen LogP contribution in [0.3, 0.4) is 0 Å². The molecule has 8 heteroatoms. The average molecular weight is 399 g/mol. The van der Waals surface area contributed by atoms with E-state index in [0.29, 0.717) is 11.5 Å². The Morgan fingerprint density at radius 3 is 2.47 bits per heavy atom. The maximum absolute atomic E-state index is 12.8. The first-order chi connectivity index (χ1) is 14.5. The highest BCUT2D eigenvalue weighted by molar-refractivity contribution is 6.02. The van der Waals surface area contributed by atoms with Crippen molar-refractivity contribution in [1.82, 2.24) is 14.8 Å². The van der Waals surface area contributed by atoms with Crippen molar-refractivity contribution in [2.75, 3.05) is 5.32 Å². The number of nitro benzene ring substituents is 1. The van der Waals surface area contributed by atoms with Crippen LogP contribution in [-0.2, 0) is 0 Å². The molecule has 148 valence electrons. The van der Waals surface area contributed by atoms with Gasteiger partial charge in [0.15, 0.2) is 5.82 Å². The number of carbonyl (C=O) groups excluding carboxylic acids is 1. The second-order valence-electron chi connectivity index (χ2n) is 6.58. The maximum Gasteiger partial charge on any atom is 0.295 e. The average Bonchev–Trinajstić information content (AvgIpc) is 3.20. The quantitative estimate of drug-likeness (QED) is 0.396. The fraction of sp³-hybridized carbons (Fsp3) is 0.0455. The molecule has 30 heavy (non-hydrogen) atoms. The summed E-state index contributed by atoms with van der Waals surface area (Å²) in [4.78, 5) is 27.7. The lowest BCUT2D eigenvalue weighted by Crippen LogP contribution is -2.14. The number of nitro groups is 1. The standard InChI is InChI=1S/C22H17N5O3/c1-15-8-5-6-13-19(15)26-21(16-9-3-2-4-10-16)24-20(25-26)22(28)23-17-11-7-12-18(14-17)27(29)30/h2-14H,1H3,(H,23,28). The summed E-state index contributed by atoms with van der Waals surface area (Å²) in [6.45, 7) is 1.95. The molecule has 0 spiro atoms. The normalized spacial score (nSPS) is 10.6. The summed E-state index contributed by atoms with van der Waals surface area (Å²) in [7, 11) is 0. The molecule has 0 fully saturated rings. The third-order valence-electron chi connectivity index (χ3n) is 4.50. The van der Waals surface area contributed by atoms with Crippen LogP contribution >= 0.6 is 0 Å². The molecule has 8 nitrogen and oxygen atoms in total. The van der Waals surface area contributed by atoms with Crippen molar-refractivity contribution in [3.63, 3.8) is 0 Å². The van der Waals surface area contributed by atoms with Gasteiger partial charge in [-0.1, -0.05) is 54.6 Å². The largest absolute Gasteiger partial charge is 0.319 e. The van der Waals surface area contributed by atoms with E-state index in [-0.39, 0.29) is 11.5 Å². The number of aromatic nitrogens is 3. The van der Waals surface area contributed by atoms with Crippen molar-refractivity contribution in [2.24, 2.45) is 0 Å². The molecule has 0 radical (unpaired) electrons. The predicted molar refractivity (Wildman–Crippen MR) is 113 cm³/mol. The number of anilines is 1. The van der Waals surface area contributed by atoms with E-state index in [1.54, 1.807) is 10.7 Å². The summed E-state index contributed by atoms with van der Waals surface area (Å²) in [6, 6.07) is 22.8. The molecule has 1 heterocycles. The minimum atomic E-state index is -0.556. The number of non-ortho nitro benzene ring substituents is 1. The van der Waals surface area contributed by atoms with Gasteiger partial charge in [0.1, 0.15) is 0 Å². The molecule has 4 rings (SSSR count).